The standard InChI is InChI=1S/C17H23F3NO7P/c1-16(2)10-26-29(24,27-12-6-4-11(5-7-12)17(18,19)20)28-14(16)15(23)21-9-8-13(22)25-3/h4-7,14,24,29H,8-10H2,1-3H3,(H,21,23)/t14-/m0/s1. The van der Waals surface area contributed by atoms with Crippen molar-refractivity contribution >= 4 is 20.0 Å². The number of methoxy groups -OCH3 is 1. The number of esters is 1. The molecule has 12 heteroatoms. The van der Waals surface area contributed by atoms with Gasteiger partial charge in [0.25, 0.3) is 0 Å². The van der Waals surface area contributed by atoms with Crippen LogP contribution >= 0.6 is 8.17 Å². The predicted molar refractivity (Wildman–Crippen MR) is 96.9 cm³/mol. The summed E-state index contributed by atoms with van der Waals surface area (Å²) < 4.78 is 58.4. The van der Waals surface area contributed by atoms with Crippen LogP contribution in [0.1, 0.15) is 25.8 Å². The molecule has 1 aliphatic heterocycles. The Kier molecular flexibility index (Phi) is 7.10. The predicted octanol–water partition coefficient (Wildman–Crippen LogP) is 2.61. The Hall–Kier alpha value is -1.94. The molecule has 1 aromatic carbocycles. The first-order valence-corrected chi connectivity index (χ1v) is 10.3. The van der Waals surface area contributed by atoms with E-state index in [0.29, 0.717) is 0 Å². The van der Waals surface area contributed by atoms with Crippen LogP contribution in [0.3, 0.4) is 0 Å². The zero-order chi connectivity index (χ0) is 21.9. The molecule has 1 saturated heterocycles. The van der Waals surface area contributed by atoms with Gasteiger partial charge >= 0.3 is 165 Å². The van der Waals surface area contributed by atoms with E-state index in [0.717, 1.165) is 24.3 Å². The van der Waals surface area contributed by atoms with E-state index in [9.17, 15) is 27.7 Å². The molecule has 1 heterocycles. The quantitative estimate of drug-likeness (QED) is 0.517. The van der Waals surface area contributed by atoms with Crippen molar-refractivity contribution in [1.82, 2.24) is 5.32 Å². The zero-order valence-corrected chi connectivity index (χ0v) is 17.0. The third kappa shape index (κ3) is 6.27. The third-order valence-electron chi connectivity index (χ3n) is 4.13. The number of carbonyl (C=O) groups is 2. The molecule has 1 atom stereocenters. The summed E-state index contributed by atoms with van der Waals surface area (Å²) >= 11 is 0. The van der Waals surface area contributed by atoms with E-state index < -0.39 is 43.3 Å². The molecule has 1 aromatic rings. The molecule has 1 aliphatic rings. The molecule has 0 saturated carbocycles. The molecular formula is C17H23F3NO7P. The number of nitrogens with one attached hydrogen (secondary N) is 1. The summed E-state index contributed by atoms with van der Waals surface area (Å²) in [4.78, 5) is 34.2. The summed E-state index contributed by atoms with van der Waals surface area (Å²) in [5.41, 5.74) is -1.72. The summed E-state index contributed by atoms with van der Waals surface area (Å²) in [6.07, 6.45) is -5.72. The van der Waals surface area contributed by atoms with Gasteiger partial charge in [-0.25, -0.2) is 0 Å². The Balaban J connectivity index is 2.06. The Morgan fingerprint density at radius 2 is 1.93 bits per heavy atom. The van der Waals surface area contributed by atoms with Gasteiger partial charge < -0.3 is 0 Å². The Morgan fingerprint density at radius 3 is 2.48 bits per heavy atom. The summed E-state index contributed by atoms with van der Waals surface area (Å²) in [5, 5.41) is 2.51. The fraction of sp³-hybridized carbons (Fsp3) is 0.529. The summed E-state index contributed by atoms with van der Waals surface area (Å²) in [6, 6.07) is 3.62. The number of benzene rings is 1. The minimum absolute atomic E-state index is 0.00203. The van der Waals surface area contributed by atoms with Crippen LogP contribution in [0.2, 0.25) is 0 Å². The van der Waals surface area contributed by atoms with E-state index in [-0.39, 0.29) is 25.3 Å². The molecule has 29 heavy (non-hydrogen) atoms. The van der Waals surface area contributed by atoms with Crippen LogP contribution in [-0.2, 0) is 29.5 Å². The molecule has 0 aromatic heterocycles. The van der Waals surface area contributed by atoms with Crippen LogP contribution in [0.25, 0.3) is 0 Å². The molecule has 0 spiro atoms. The zero-order valence-electron chi connectivity index (χ0n) is 16.0. The Morgan fingerprint density at radius 1 is 1.31 bits per heavy atom. The van der Waals surface area contributed by atoms with E-state index in [4.69, 9.17) is 13.6 Å². The van der Waals surface area contributed by atoms with Crippen LogP contribution in [0, 0.1) is 5.41 Å². The van der Waals surface area contributed by atoms with E-state index in [1.165, 1.54) is 7.11 Å². The SMILES string of the molecule is COC(=O)CCNC(=O)[C@@H]1O[PH](O)(Oc2ccc(C(F)(F)F)cc2)OCC1(C)C. The number of carbonyl (C=O) groups excluding carboxylic acids is 2. The van der Waals surface area contributed by atoms with Gasteiger partial charge in [0.1, 0.15) is 0 Å². The van der Waals surface area contributed by atoms with Gasteiger partial charge in [0.05, 0.1) is 0 Å². The average molecular weight is 441 g/mol. The maximum atomic E-state index is 12.6. The van der Waals surface area contributed by atoms with Gasteiger partial charge in [-0.15, -0.1) is 0 Å². The molecule has 8 nitrogen and oxygen atoms in total. The van der Waals surface area contributed by atoms with Crippen molar-refractivity contribution in [3.8, 4) is 5.75 Å². The van der Waals surface area contributed by atoms with Gasteiger partial charge in [-0.05, 0) is 0 Å². The van der Waals surface area contributed by atoms with Crippen molar-refractivity contribution in [3.63, 3.8) is 0 Å². The van der Waals surface area contributed by atoms with Crippen molar-refractivity contribution in [2.75, 3.05) is 20.3 Å². The van der Waals surface area contributed by atoms with Gasteiger partial charge in [0.15, 0.2) is 0 Å². The first kappa shape index (κ1) is 23.3. The molecule has 0 radical (unpaired) electrons. The first-order chi connectivity index (χ1) is 13.4. The van der Waals surface area contributed by atoms with Crippen molar-refractivity contribution in [3.05, 3.63) is 29.8 Å². The van der Waals surface area contributed by atoms with Crippen molar-refractivity contribution in [1.29, 1.82) is 0 Å². The second kappa shape index (κ2) is 8.83. The molecule has 0 unspecified atom stereocenters. The number of halogens is 3. The number of hydrogen-bond donors (Lipinski definition) is 2. The topological polar surface area (TPSA) is 103 Å². The van der Waals surface area contributed by atoms with Crippen LogP contribution in [0.4, 0.5) is 13.2 Å². The number of amides is 1. The van der Waals surface area contributed by atoms with Gasteiger partial charge in [0, 0.05) is 0 Å². The molecule has 2 N–H and O–H groups in total. The second-order valence-electron chi connectivity index (χ2n) is 7.04. The van der Waals surface area contributed by atoms with Crippen LogP contribution in [0.5, 0.6) is 5.75 Å². The summed E-state index contributed by atoms with van der Waals surface area (Å²) in [6.45, 7) is 3.25. The first-order valence-electron chi connectivity index (χ1n) is 8.61. The Labute approximate surface area is 165 Å². The number of ether oxygens (including phenoxy) is 1. The van der Waals surface area contributed by atoms with Crippen LogP contribution in [0.15, 0.2) is 24.3 Å². The molecule has 1 fully saturated rings. The molecular weight excluding hydrogens is 418 g/mol. The van der Waals surface area contributed by atoms with E-state index >= 15 is 0 Å². The van der Waals surface area contributed by atoms with Crippen molar-refractivity contribution in [2.24, 2.45) is 5.41 Å². The molecule has 0 aliphatic carbocycles. The minimum atomic E-state index is -4.51. The van der Waals surface area contributed by atoms with Gasteiger partial charge in [-0.3, -0.25) is 0 Å². The van der Waals surface area contributed by atoms with Gasteiger partial charge in [0.2, 0.25) is 0 Å². The molecule has 164 valence electrons. The monoisotopic (exact) mass is 441 g/mol. The maximum absolute atomic E-state index is 12.6. The summed E-state index contributed by atoms with van der Waals surface area (Å²) in [5.74, 6) is -1.20. The summed E-state index contributed by atoms with van der Waals surface area (Å²) in [7, 11) is -3.14. The number of alkyl halides is 3. The fourth-order valence-electron chi connectivity index (χ4n) is 2.50. The van der Waals surface area contributed by atoms with Crippen LogP contribution < -0.4 is 9.84 Å². The molecule has 0 bridgehead atoms. The van der Waals surface area contributed by atoms with E-state index in [1.807, 2.05) is 0 Å². The van der Waals surface area contributed by atoms with E-state index in [1.54, 1.807) is 13.8 Å². The second-order valence-corrected chi connectivity index (χ2v) is 8.82. The number of hydrogen-bond acceptors (Lipinski definition) is 7. The third-order valence-corrected chi connectivity index (χ3v) is 5.66. The Bertz CT molecular complexity index is 742. The van der Waals surface area contributed by atoms with Crippen molar-refractivity contribution in [2.45, 2.75) is 32.5 Å². The fourth-order valence-corrected chi connectivity index (χ4v) is 4.39. The average Bonchev–Trinajstić information content (AvgIpc) is 2.63. The molecule has 1 amide bonds. The normalized spacial score (nSPS) is 21.7. The van der Waals surface area contributed by atoms with Crippen LogP contribution in [-0.4, -0.2) is 43.1 Å². The van der Waals surface area contributed by atoms with Gasteiger partial charge in [-0.2, -0.15) is 0 Å². The number of rotatable bonds is 6. The van der Waals surface area contributed by atoms with Gasteiger partial charge in [-0.1, -0.05) is 0 Å². The van der Waals surface area contributed by atoms with Crippen molar-refractivity contribution < 1.29 is 46.0 Å². The molecule has 2 rings (SSSR count). The van der Waals surface area contributed by atoms with E-state index in [2.05, 4.69) is 10.1 Å².